The maximum Gasteiger partial charge on any atom is 0.322 e. The number of hydrogen-bond donors (Lipinski definition) is 4. The second kappa shape index (κ2) is 13.4. The van der Waals surface area contributed by atoms with Gasteiger partial charge in [-0.25, -0.2) is 8.42 Å². The van der Waals surface area contributed by atoms with Gasteiger partial charge in [0.25, 0.3) is 0 Å². The smallest absolute Gasteiger partial charge is 0.322 e. The lowest BCUT2D eigenvalue weighted by molar-refractivity contribution is -0.139. The number of guanidine groups is 1. The van der Waals surface area contributed by atoms with Crippen molar-refractivity contribution in [3.05, 3.63) is 59.7 Å². The Bertz CT molecular complexity index is 1210. The van der Waals surface area contributed by atoms with Gasteiger partial charge in [0.1, 0.15) is 18.4 Å². The van der Waals surface area contributed by atoms with Crippen LogP contribution in [-0.2, 0) is 30.8 Å². The fourth-order valence-corrected chi connectivity index (χ4v) is 4.61. The lowest BCUT2D eigenvalue weighted by atomic mass is 10.1. The van der Waals surface area contributed by atoms with E-state index in [0.29, 0.717) is 23.3 Å². The van der Waals surface area contributed by atoms with E-state index >= 15 is 0 Å². The zero-order valence-electron chi connectivity index (χ0n) is 20.1. The average Bonchev–Trinajstić information content (AvgIpc) is 2.80. The second-order valence-corrected chi connectivity index (χ2v) is 9.69. The molecule has 1 amide bonds. The van der Waals surface area contributed by atoms with Gasteiger partial charge in [-0.15, -0.1) is 0 Å². The third-order valence-corrected chi connectivity index (χ3v) is 6.57. The molecule has 5 N–H and O–H groups in total. The Morgan fingerprint density at radius 1 is 1.11 bits per heavy atom. The number of rotatable bonds is 13. The van der Waals surface area contributed by atoms with E-state index in [2.05, 4.69) is 15.0 Å². The van der Waals surface area contributed by atoms with E-state index in [0.717, 1.165) is 0 Å². The van der Waals surface area contributed by atoms with E-state index in [1.54, 1.807) is 49.4 Å². The first-order chi connectivity index (χ1) is 17.0. The third-order valence-electron chi connectivity index (χ3n) is 4.94. The number of aryl methyl sites for hydroxylation is 1. The number of nitrogens with zero attached hydrogens (tertiary/aromatic N) is 1. The number of aliphatic carboxylic acids is 1. The van der Waals surface area contributed by atoms with Crippen LogP contribution in [0.15, 0.2) is 58.4 Å². The molecule has 0 unspecified atom stereocenters. The number of sulfonamides is 1. The summed E-state index contributed by atoms with van der Waals surface area (Å²) in [5.74, 6) is -1.37. The van der Waals surface area contributed by atoms with E-state index < -0.39 is 22.0 Å². The molecule has 0 bridgehead atoms. The maximum atomic E-state index is 12.7. The number of aliphatic imine (C=N–C) groups is 1. The van der Waals surface area contributed by atoms with Gasteiger partial charge in [0.15, 0.2) is 11.7 Å². The summed E-state index contributed by atoms with van der Waals surface area (Å²) in [4.78, 5) is 38.5. The van der Waals surface area contributed by atoms with Crippen LogP contribution in [0.1, 0.15) is 30.9 Å². The Labute approximate surface area is 209 Å². The van der Waals surface area contributed by atoms with Crippen LogP contribution in [0, 0.1) is 6.92 Å². The molecule has 0 fully saturated rings. The summed E-state index contributed by atoms with van der Waals surface area (Å²) in [6.45, 7) is 3.07. The van der Waals surface area contributed by atoms with Crippen molar-refractivity contribution >= 4 is 33.6 Å². The first kappa shape index (κ1) is 28.5. The van der Waals surface area contributed by atoms with Crippen molar-refractivity contribution in [3.8, 4) is 5.75 Å². The van der Waals surface area contributed by atoms with Gasteiger partial charge >= 0.3 is 5.97 Å². The topological polar surface area (TPSA) is 177 Å². The number of nitrogens with one attached hydrogen (secondary N) is 2. The minimum atomic E-state index is -4.03. The fraction of sp³-hybridized carbons (Fsp3) is 0.333. The monoisotopic (exact) mass is 518 g/mol. The number of amides is 1. The number of carbonyl (C=O) groups excluding carboxylic acids is 2. The zero-order valence-corrected chi connectivity index (χ0v) is 20.9. The van der Waals surface area contributed by atoms with Gasteiger partial charge in [0.05, 0.1) is 4.90 Å². The summed E-state index contributed by atoms with van der Waals surface area (Å²) < 4.78 is 33.1. The number of carbonyl (C=O) groups is 3. The SMILES string of the molecule is CC(=O)NC(N)=NCCCC(=O)COc1ccc(C[C@H](NS(=O)(=O)c2ccccc2C)C(=O)O)cc1. The molecule has 1 atom stereocenters. The minimum absolute atomic E-state index is 0.000551. The van der Waals surface area contributed by atoms with E-state index in [9.17, 15) is 27.9 Å². The molecule has 0 radical (unpaired) electrons. The van der Waals surface area contributed by atoms with Gasteiger partial charge in [-0.2, -0.15) is 4.72 Å². The molecular weight excluding hydrogens is 488 g/mol. The van der Waals surface area contributed by atoms with Crippen molar-refractivity contribution in [2.24, 2.45) is 10.7 Å². The molecule has 2 aromatic rings. The van der Waals surface area contributed by atoms with Crippen LogP contribution in [0.4, 0.5) is 0 Å². The number of ether oxygens (including phenoxy) is 1. The summed E-state index contributed by atoms with van der Waals surface area (Å²) >= 11 is 0. The number of Topliss-reactive ketones (excluding diaryl/α,β-unsaturated/α-hetero) is 1. The van der Waals surface area contributed by atoms with E-state index in [1.807, 2.05) is 0 Å². The minimum Gasteiger partial charge on any atom is -0.486 e. The molecule has 0 aliphatic carbocycles. The summed E-state index contributed by atoms with van der Waals surface area (Å²) in [5, 5.41) is 11.9. The van der Waals surface area contributed by atoms with Crippen LogP contribution >= 0.6 is 0 Å². The van der Waals surface area contributed by atoms with Crippen LogP contribution in [0.5, 0.6) is 5.75 Å². The van der Waals surface area contributed by atoms with Crippen LogP contribution < -0.4 is 20.5 Å². The first-order valence-corrected chi connectivity index (χ1v) is 12.6. The summed E-state index contributed by atoms with van der Waals surface area (Å²) in [6, 6.07) is 11.3. The Hall–Kier alpha value is -3.77. The first-order valence-electron chi connectivity index (χ1n) is 11.1. The highest BCUT2D eigenvalue weighted by Gasteiger charge is 2.26. The van der Waals surface area contributed by atoms with E-state index in [4.69, 9.17) is 10.5 Å². The molecule has 2 aromatic carbocycles. The molecule has 0 heterocycles. The number of ketones is 1. The standard InChI is InChI=1S/C24H30N4O7S/c1-16-6-3-4-8-22(16)36(33,34)28-21(23(31)32)14-18-9-11-20(12-10-18)35-15-19(30)7-5-13-26-24(25)27-17(2)29/h3-4,6,8-12,21,28H,5,7,13-15H2,1-2H3,(H,31,32)(H3,25,26,27,29)/t21-/m0/s1. The van der Waals surface area contributed by atoms with Crippen LogP contribution in [-0.4, -0.2) is 56.3 Å². The average molecular weight is 519 g/mol. The molecular formula is C24H30N4O7S. The van der Waals surface area contributed by atoms with Crippen molar-refractivity contribution in [2.75, 3.05) is 13.2 Å². The Balaban J connectivity index is 1.87. The molecule has 0 aliphatic heterocycles. The van der Waals surface area contributed by atoms with Gasteiger partial charge < -0.3 is 15.6 Å². The Kier molecular flexibility index (Phi) is 10.6. The summed E-state index contributed by atoms with van der Waals surface area (Å²) in [6.07, 6.45) is 0.578. The lowest BCUT2D eigenvalue weighted by Crippen LogP contribution is -2.42. The predicted octanol–water partition coefficient (Wildman–Crippen LogP) is 1.15. The van der Waals surface area contributed by atoms with E-state index in [1.165, 1.54) is 13.0 Å². The quantitative estimate of drug-likeness (QED) is 0.173. The van der Waals surface area contributed by atoms with Gasteiger partial charge in [-0.05, 0) is 49.1 Å². The Morgan fingerprint density at radius 3 is 2.39 bits per heavy atom. The largest absolute Gasteiger partial charge is 0.486 e. The predicted molar refractivity (Wildman–Crippen MR) is 133 cm³/mol. The fourth-order valence-electron chi connectivity index (χ4n) is 3.18. The molecule has 36 heavy (non-hydrogen) atoms. The van der Waals surface area contributed by atoms with Gasteiger partial charge in [0.2, 0.25) is 15.9 Å². The van der Waals surface area contributed by atoms with Crippen molar-refractivity contribution < 1.29 is 32.6 Å². The maximum absolute atomic E-state index is 12.7. The molecule has 12 heteroatoms. The number of benzene rings is 2. The van der Waals surface area contributed by atoms with E-state index in [-0.39, 0.29) is 48.5 Å². The van der Waals surface area contributed by atoms with Gasteiger partial charge in [-0.1, -0.05) is 30.3 Å². The third kappa shape index (κ3) is 9.47. The van der Waals surface area contributed by atoms with Crippen LogP contribution in [0.3, 0.4) is 0 Å². The molecule has 194 valence electrons. The molecule has 2 rings (SSSR count). The van der Waals surface area contributed by atoms with Crippen molar-refractivity contribution in [3.63, 3.8) is 0 Å². The summed E-state index contributed by atoms with van der Waals surface area (Å²) in [5.41, 5.74) is 6.57. The molecule has 0 saturated heterocycles. The molecule has 0 aliphatic rings. The molecule has 0 spiro atoms. The number of carboxylic acids is 1. The lowest BCUT2D eigenvalue weighted by Gasteiger charge is -2.16. The number of nitrogens with two attached hydrogens (primary N) is 1. The second-order valence-electron chi connectivity index (χ2n) is 8.00. The highest BCUT2D eigenvalue weighted by molar-refractivity contribution is 7.89. The highest BCUT2D eigenvalue weighted by atomic mass is 32.2. The number of carboxylic acid groups (broad SMARTS) is 1. The summed E-state index contributed by atoms with van der Waals surface area (Å²) in [7, 11) is -4.03. The molecule has 0 saturated carbocycles. The Morgan fingerprint density at radius 2 is 1.78 bits per heavy atom. The number of hydrogen-bond acceptors (Lipinski definition) is 7. The van der Waals surface area contributed by atoms with Gasteiger partial charge in [-0.3, -0.25) is 24.7 Å². The van der Waals surface area contributed by atoms with Crippen LogP contribution in [0.25, 0.3) is 0 Å². The van der Waals surface area contributed by atoms with Crippen LogP contribution in [0.2, 0.25) is 0 Å². The van der Waals surface area contributed by atoms with Crippen molar-refractivity contribution in [2.45, 2.75) is 44.0 Å². The van der Waals surface area contributed by atoms with Crippen molar-refractivity contribution in [1.29, 1.82) is 0 Å². The highest BCUT2D eigenvalue weighted by Crippen LogP contribution is 2.17. The molecule has 0 aromatic heterocycles. The zero-order chi connectivity index (χ0) is 26.7. The normalized spacial score (nSPS) is 12.6. The van der Waals surface area contributed by atoms with Gasteiger partial charge in [0, 0.05) is 19.9 Å². The molecule has 11 nitrogen and oxygen atoms in total. The van der Waals surface area contributed by atoms with Crippen molar-refractivity contribution in [1.82, 2.24) is 10.0 Å².